The van der Waals surface area contributed by atoms with Gasteiger partial charge in [-0.3, -0.25) is 4.89 Å². The number of carbonyl (C=O) groups excluding carboxylic acids is 1. The summed E-state index contributed by atoms with van der Waals surface area (Å²) in [5.74, 6) is -0.291. The molecule has 0 rings (SSSR count). The molecule has 0 aromatic rings. The summed E-state index contributed by atoms with van der Waals surface area (Å²) in [5.41, 5.74) is 0.367. The van der Waals surface area contributed by atoms with Crippen LogP contribution in [0.25, 0.3) is 0 Å². The van der Waals surface area contributed by atoms with Gasteiger partial charge < -0.3 is 9.47 Å². The standard InChI is InChI=1S/C16H32O5/c1-16(2,3)12-8-6-7-10-14(17)21-20-13-9-11-15(18-4)19-5/h15H,6-13H2,1-5H3. The molecule has 0 saturated carbocycles. The molecule has 0 atom stereocenters. The average Bonchev–Trinajstić information content (AvgIpc) is 2.41. The van der Waals surface area contributed by atoms with Gasteiger partial charge >= 0.3 is 5.97 Å². The summed E-state index contributed by atoms with van der Waals surface area (Å²) in [7, 11) is 3.18. The van der Waals surface area contributed by atoms with Crippen molar-refractivity contribution >= 4 is 5.97 Å². The highest BCUT2D eigenvalue weighted by Crippen LogP contribution is 2.22. The lowest BCUT2D eigenvalue weighted by atomic mass is 9.89. The first-order valence-electron chi connectivity index (χ1n) is 7.77. The van der Waals surface area contributed by atoms with E-state index in [1.165, 1.54) is 6.42 Å². The third-order valence-corrected chi connectivity index (χ3v) is 3.15. The fraction of sp³-hybridized carbons (Fsp3) is 0.938. The largest absolute Gasteiger partial charge is 0.356 e. The van der Waals surface area contributed by atoms with E-state index in [9.17, 15) is 4.79 Å². The quantitative estimate of drug-likeness (QED) is 0.237. The second kappa shape index (κ2) is 12.0. The van der Waals surface area contributed by atoms with E-state index < -0.39 is 0 Å². The highest BCUT2D eigenvalue weighted by molar-refractivity contribution is 5.68. The van der Waals surface area contributed by atoms with Crippen LogP contribution in [-0.2, 0) is 24.0 Å². The Hall–Kier alpha value is -0.650. The van der Waals surface area contributed by atoms with Crippen molar-refractivity contribution in [1.29, 1.82) is 0 Å². The molecule has 0 aromatic carbocycles. The zero-order valence-electron chi connectivity index (χ0n) is 14.3. The van der Waals surface area contributed by atoms with Crippen LogP contribution < -0.4 is 0 Å². The molecular weight excluding hydrogens is 272 g/mol. The van der Waals surface area contributed by atoms with E-state index in [2.05, 4.69) is 20.8 Å². The van der Waals surface area contributed by atoms with E-state index in [4.69, 9.17) is 19.2 Å². The molecule has 0 N–H and O–H groups in total. The van der Waals surface area contributed by atoms with Gasteiger partial charge in [0.05, 0.1) is 6.61 Å². The minimum atomic E-state index is -0.291. The van der Waals surface area contributed by atoms with E-state index in [0.29, 0.717) is 31.3 Å². The van der Waals surface area contributed by atoms with Gasteiger partial charge in [0.1, 0.15) is 0 Å². The van der Waals surface area contributed by atoms with Crippen LogP contribution in [0.3, 0.4) is 0 Å². The van der Waals surface area contributed by atoms with E-state index >= 15 is 0 Å². The van der Waals surface area contributed by atoms with Crippen LogP contribution in [-0.4, -0.2) is 33.1 Å². The van der Waals surface area contributed by atoms with Gasteiger partial charge in [0.2, 0.25) is 0 Å². The summed E-state index contributed by atoms with van der Waals surface area (Å²) in [6, 6.07) is 0. The maximum Gasteiger partial charge on any atom is 0.342 e. The molecule has 0 heterocycles. The van der Waals surface area contributed by atoms with Crippen LogP contribution in [0.15, 0.2) is 0 Å². The lowest BCUT2D eigenvalue weighted by molar-refractivity contribution is -0.273. The first-order chi connectivity index (χ1) is 9.89. The minimum absolute atomic E-state index is 0.230. The van der Waals surface area contributed by atoms with Crippen molar-refractivity contribution in [3.05, 3.63) is 0 Å². The summed E-state index contributed by atoms with van der Waals surface area (Å²) >= 11 is 0. The molecule has 21 heavy (non-hydrogen) atoms. The third-order valence-electron chi connectivity index (χ3n) is 3.15. The van der Waals surface area contributed by atoms with Crippen LogP contribution in [0.1, 0.15) is 65.7 Å². The molecule has 0 aliphatic heterocycles. The van der Waals surface area contributed by atoms with Crippen molar-refractivity contribution < 1.29 is 24.0 Å². The van der Waals surface area contributed by atoms with E-state index in [-0.39, 0.29) is 12.3 Å². The van der Waals surface area contributed by atoms with E-state index in [0.717, 1.165) is 19.3 Å². The van der Waals surface area contributed by atoms with Crippen molar-refractivity contribution in [3.8, 4) is 0 Å². The fourth-order valence-corrected chi connectivity index (χ4v) is 1.89. The van der Waals surface area contributed by atoms with Crippen molar-refractivity contribution in [2.24, 2.45) is 5.41 Å². The second-order valence-corrected chi connectivity index (χ2v) is 6.44. The van der Waals surface area contributed by atoms with Crippen molar-refractivity contribution in [2.75, 3.05) is 20.8 Å². The molecule has 0 aliphatic carbocycles. The van der Waals surface area contributed by atoms with Gasteiger partial charge in [-0.25, -0.2) is 4.79 Å². The molecule has 0 radical (unpaired) electrons. The maximum atomic E-state index is 11.4. The molecule has 0 aromatic heterocycles. The number of hydrogen-bond acceptors (Lipinski definition) is 5. The predicted molar refractivity (Wildman–Crippen MR) is 81.6 cm³/mol. The zero-order valence-corrected chi connectivity index (χ0v) is 14.3. The molecule has 0 spiro atoms. The molecule has 0 fully saturated rings. The summed E-state index contributed by atoms with van der Waals surface area (Å²) in [6.07, 6.45) is 5.84. The highest BCUT2D eigenvalue weighted by Gasteiger charge is 2.10. The number of rotatable bonds is 12. The Morgan fingerprint density at radius 2 is 1.67 bits per heavy atom. The van der Waals surface area contributed by atoms with Gasteiger partial charge in [0, 0.05) is 27.1 Å². The lowest BCUT2D eigenvalue weighted by Gasteiger charge is -2.17. The first kappa shape index (κ1) is 20.3. The molecule has 0 bridgehead atoms. The summed E-state index contributed by atoms with van der Waals surface area (Å²) < 4.78 is 10.1. The minimum Gasteiger partial charge on any atom is -0.356 e. The Bertz CT molecular complexity index is 256. The maximum absolute atomic E-state index is 11.4. The Morgan fingerprint density at radius 1 is 1.00 bits per heavy atom. The third kappa shape index (κ3) is 14.1. The van der Waals surface area contributed by atoms with Crippen molar-refractivity contribution in [3.63, 3.8) is 0 Å². The van der Waals surface area contributed by atoms with Gasteiger partial charge in [-0.2, -0.15) is 4.89 Å². The highest BCUT2D eigenvalue weighted by atomic mass is 17.2. The van der Waals surface area contributed by atoms with Crippen molar-refractivity contribution in [1.82, 2.24) is 0 Å². The van der Waals surface area contributed by atoms with E-state index in [1.54, 1.807) is 14.2 Å². The molecule has 0 unspecified atom stereocenters. The Balaban J connectivity index is 3.39. The van der Waals surface area contributed by atoms with Crippen LogP contribution >= 0.6 is 0 Å². The van der Waals surface area contributed by atoms with Gasteiger partial charge in [0.25, 0.3) is 0 Å². The molecule has 5 nitrogen and oxygen atoms in total. The molecule has 5 heteroatoms. The Kier molecular flexibility index (Phi) is 11.6. The van der Waals surface area contributed by atoms with Gasteiger partial charge in [-0.05, 0) is 24.7 Å². The van der Waals surface area contributed by atoms with Crippen LogP contribution in [0, 0.1) is 5.41 Å². The topological polar surface area (TPSA) is 54.0 Å². The van der Waals surface area contributed by atoms with Gasteiger partial charge in [-0.1, -0.05) is 33.6 Å². The van der Waals surface area contributed by atoms with Gasteiger partial charge in [-0.15, -0.1) is 0 Å². The number of unbranched alkanes of at least 4 members (excludes halogenated alkanes) is 2. The SMILES string of the molecule is COC(CCCOOC(=O)CCCCCC(C)(C)C)OC. The zero-order chi connectivity index (χ0) is 16.1. The number of methoxy groups -OCH3 is 2. The first-order valence-corrected chi connectivity index (χ1v) is 7.77. The molecule has 0 aliphatic rings. The van der Waals surface area contributed by atoms with Crippen LogP contribution in [0.5, 0.6) is 0 Å². The monoisotopic (exact) mass is 304 g/mol. The van der Waals surface area contributed by atoms with E-state index in [1.807, 2.05) is 0 Å². The van der Waals surface area contributed by atoms with Crippen molar-refractivity contribution in [2.45, 2.75) is 72.0 Å². The molecule has 0 amide bonds. The smallest absolute Gasteiger partial charge is 0.342 e. The van der Waals surface area contributed by atoms with Gasteiger partial charge in [0.15, 0.2) is 6.29 Å². The molecule has 126 valence electrons. The molecular formula is C16H32O5. The van der Waals surface area contributed by atoms with Crippen LogP contribution in [0.2, 0.25) is 0 Å². The Labute approximate surface area is 129 Å². The summed E-state index contributed by atoms with van der Waals surface area (Å²) in [6.45, 7) is 7.05. The predicted octanol–water partition coefficient (Wildman–Crippen LogP) is 3.86. The second-order valence-electron chi connectivity index (χ2n) is 6.44. The number of carbonyl (C=O) groups is 1. The van der Waals surface area contributed by atoms with Crippen LogP contribution in [0.4, 0.5) is 0 Å². The summed E-state index contributed by atoms with van der Waals surface area (Å²) in [5, 5.41) is 0. The fourth-order valence-electron chi connectivity index (χ4n) is 1.89. The number of ether oxygens (including phenoxy) is 2. The normalized spacial score (nSPS) is 11.9. The molecule has 0 saturated heterocycles. The Morgan fingerprint density at radius 3 is 2.24 bits per heavy atom. The lowest BCUT2D eigenvalue weighted by Crippen LogP contribution is -2.14. The average molecular weight is 304 g/mol. The summed E-state index contributed by atoms with van der Waals surface area (Å²) in [4.78, 5) is 21.0. The number of hydrogen-bond donors (Lipinski definition) is 0.